The van der Waals surface area contributed by atoms with Crippen molar-refractivity contribution in [3.05, 3.63) is 24.0 Å². The van der Waals surface area contributed by atoms with Gasteiger partial charge in [-0.05, 0) is 18.2 Å². The summed E-state index contributed by atoms with van der Waals surface area (Å²) in [4.78, 5) is 26.9. The van der Waals surface area contributed by atoms with Crippen molar-refractivity contribution in [2.24, 2.45) is 0 Å². The summed E-state index contributed by atoms with van der Waals surface area (Å²) in [6, 6.07) is 2.75. The molecule has 1 aromatic heterocycles. The van der Waals surface area contributed by atoms with E-state index >= 15 is 0 Å². The number of benzene rings is 1. The van der Waals surface area contributed by atoms with Gasteiger partial charge in [0, 0.05) is 12.2 Å². The van der Waals surface area contributed by atoms with E-state index in [0.29, 0.717) is 0 Å². The molecule has 0 aliphatic rings. The summed E-state index contributed by atoms with van der Waals surface area (Å²) in [6.45, 7) is -0.143. The monoisotopic (exact) mass is 366 g/mol. The molecule has 0 aliphatic carbocycles. The van der Waals surface area contributed by atoms with E-state index < -0.39 is 29.9 Å². The molecule has 0 spiro atoms. The Morgan fingerprint density at radius 3 is 2.48 bits per heavy atom. The number of urea groups is 1. The number of nitrogens with one attached hydrogen (secondary N) is 3. The smallest absolute Gasteiger partial charge is 0.461 e. The molecule has 1 heterocycles. The standard InChI is InChI=1S/C13H11F5N4O3/c14-12(15,13(16,17)18)10-21-7-2-1-6(5-8(7)22-10)20-11(25)19-4-3-9(23)24/h1-2,5H,3-4H2,(H,21,22)(H,23,24)(H2,19,20,25). The molecule has 1 aromatic carbocycles. The van der Waals surface area contributed by atoms with Crippen LogP contribution < -0.4 is 10.6 Å². The van der Waals surface area contributed by atoms with E-state index in [0.717, 1.165) is 12.1 Å². The van der Waals surface area contributed by atoms with E-state index in [1.54, 1.807) is 0 Å². The molecule has 0 saturated heterocycles. The Kier molecular flexibility index (Phi) is 4.81. The number of nitrogens with zero attached hydrogens (tertiary/aromatic N) is 1. The number of carbonyl (C=O) groups excluding carboxylic acids is 1. The lowest BCUT2D eigenvalue weighted by Crippen LogP contribution is -2.34. The lowest BCUT2D eigenvalue weighted by Gasteiger charge is -2.16. The summed E-state index contributed by atoms with van der Waals surface area (Å²) in [5.74, 6) is -7.82. The highest BCUT2D eigenvalue weighted by molar-refractivity contribution is 5.92. The third kappa shape index (κ3) is 4.14. The molecule has 0 bridgehead atoms. The SMILES string of the molecule is O=C(O)CCNC(=O)Nc1ccc2nc(C(F)(F)C(F)(F)F)[nH]c2c1. The van der Waals surface area contributed by atoms with Crippen molar-refractivity contribution in [2.45, 2.75) is 18.5 Å². The number of amides is 2. The molecule has 2 aromatic rings. The van der Waals surface area contributed by atoms with Crippen LogP contribution in [0.3, 0.4) is 0 Å². The lowest BCUT2D eigenvalue weighted by atomic mass is 10.3. The number of carbonyl (C=O) groups is 2. The van der Waals surface area contributed by atoms with Gasteiger partial charge in [0.05, 0.1) is 17.5 Å². The average molecular weight is 366 g/mol. The molecule has 136 valence electrons. The normalized spacial score (nSPS) is 12.2. The molecule has 0 aliphatic heterocycles. The Morgan fingerprint density at radius 1 is 1.20 bits per heavy atom. The molecule has 12 heteroatoms. The van der Waals surface area contributed by atoms with Crippen molar-refractivity contribution in [1.82, 2.24) is 15.3 Å². The number of aliphatic carboxylic acids is 1. The van der Waals surface area contributed by atoms with Crippen LogP contribution in [0.1, 0.15) is 12.2 Å². The van der Waals surface area contributed by atoms with E-state index in [4.69, 9.17) is 5.11 Å². The molecule has 0 saturated carbocycles. The van der Waals surface area contributed by atoms with Gasteiger partial charge in [-0.3, -0.25) is 4.79 Å². The van der Waals surface area contributed by atoms with E-state index in [-0.39, 0.29) is 29.7 Å². The number of imidazole rings is 1. The Labute approximate surface area is 136 Å². The van der Waals surface area contributed by atoms with E-state index in [9.17, 15) is 31.5 Å². The van der Waals surface area contributed by atoms with E-state index in [1.165, 1.54) is 6.07 Å². The van der Waals surface area contributed by atoms with Gasteiger partial charge >= 0.3 is 24.1 Å². The number of hydrogen-bond acceptors (Lipinski definition) is 3. The predicted molar refractivity (Wildman–Crippen MR) is 75.3 cm³/mol. The van der Waals surface area contributed by atoms with Crippen LogP contribution >= 0.6 is 0 Å². The van der Waals surface area contributed by atoms with Gasteiger partial charge < -0.3 is 20.7 Å². The number of halogens is 5. The first-order valence-corrected chi connectivity index (χ1v) is 6.72. The zero-order valence-electron chi connectivity index (χ0n) is 12.2. The highest BCUT2D eigenvalue weighted by atomic mass is 19.4. The summed E-state index contributed by atoms with van der Waals surface area (Å²) in [5, 5.41) is 13.0. The van der Waals surface area contributed by atoms with Gasteiger partial charge in [-0.1, -0.05) is 0 Å². The van der Waals surface area contributed by atoms with Crippen LogP contribution in [-0.2, 0) is 10.7 Å². The van der Waals surface area contributed by atoms with E-state index in [1.807, 2.05) is 4.98 Å². The number of alkyl halides is 5. The van der Waals surface area contributed by atoms with Crippen molar-refractivity contribution in [2.75, 3.05) is 11.9 Å². The van der Waals surface area contributed by atoms with Crippen molar-refractivity contribution in [1.29, 1.82) is 0 Å². The van der Waals surface area contributed by atoms with Crippen molar-refractivity contribution in [3.63, 3.8) is 0 Å². The predicted octanol–water partition coefficient (Wildman–Crippen LogP) is 2.81. The molecule has 0 unspecified atom stereocenters. The highest BCUT2D eigenvalue weighted by Gasteiger charge is 2.61. The van der Waals surface area contributed by atoms with Gasteiger partial charge in [-0.25, -0.2) is 9.78 Å². The maximum Gasteiger partial charge on any atom is 0.461 e. The summed E-state index contributed by atoms with van der Waals surface area (Å²) in [6.07, 6.45) is -6.10. The number of carboxylic acids is 1. The molecule has 2 rings (SSSR count). The number of rotatable bonds is 5. The fraction of sp³-hybridized carbons (Fsp3) is 0.308. The maximum absolute atomic E-state index is 13.3. The van der Waals surface area contributed by atoms with Crippen LogP contribution in [0, 0.1) is 0 Å². The quantitative estimate of drug-likeness (QED) is 0.611. The second-order valence-electron chi connectivity index (χ2n) is 4.91. The van der Waals surface area contributed by atoms with Gasteiger partial charge in [0.1, 0.15) is 0 Å². The highest BCUT2D eigenvalue weighted by Crippen LogP contribution is 2.43. The van der Waals surface area contributed by atoms with Crippen molar-refractivity contribution < 1.29 is 36.6 Å². The number of carboxylic acid groups (broad SMARTS) is 1. The third-order valence-corrected chi connectivity index (χ3v) is 3.02. The second-order valence-corrected chi connectivity index (χ2v) is 4.91. The summed E-state index contributed by atoms with van der Waals surface area (Å²) >= 11 is 0. The zero-order chi connectivity index (χ0) is 18.8. The molecular weight excluding hydrogens is 355 g/mol. The molecule has 0 atom stereocenters. The summed E-state index contributed by atoms with van der Waals surface area (Å²) in [7, 11) is 0. The molecular formula is C13H11F5N4O3. The largest absolute Gasteiger partial charge is 0.481 e. The lowest BCUT2D eigenvalue weighted by molar-refractivity contribution is -0.292. The molecule has 4 N–H and O–H groups in total. The van der Waals surface area contributed by atoms with Crippen molar-refractivity contribution in [3.8, 4) is 0 Å². The van der Waals surface area contributed by atoms with Gasteiger partial charge in [0.2, 0.25) is 0 Å². The van der Waals surface area contributed by atoms with Gasteiger partial charge in [-0.2, -0.15) is 22.0 Å². The Hall–Kier alpha value is -2.92. The fourth-order valence-electron chi connectivity index (χ4n) is 1.83. The fourth-order valence-corrected chi connectivity index (χ4v) is 1.83. The minimum Gasteiger partial charge on any atom is -0.481 e. The third-order valence-electron chi connectivity index (χ3n) is 3.02. The molecule has 0 fully saturated rings. The number of aromatic amines is 1. The van der Waals surface area contributed by atoms with Gasteiger partial charge in [0.25, 0.3) is 0 Å². The molecule has 2 amide bonds. The summed E-state index contributed by atoms with van der Waals surface area (Å²) < 4.78 is 63.6. The maximum atomic E-state index is 13.3. The zero-order valence-corrected chi connectivity index (χ0v) is 12.2. The first-order valence-electron chi connectivity index (χ1n) is 6.72. The van der Waals surface area contributed by atoms with Crippen molar-refractivity contribution >= 4 is 28.7 Å². The van der Waals surface area contributed by atoms with Crippen LogP contribution in [-0.4, -0.2) is 39.8 Å². The second kappa shape index (κ2) is 6.53. The van der Waals surface area contributed by atoms with Crippen LogP contribution in [0.4, 0.5) is 32.4 Å². The number of fused-ring (bicyclic) bond motifs is 1. The topological polar surface area (TPSA) is 107 Å². The van der Waals surface area contributed by atoms with E-state index in [2.05, 4.69) is 15.6 Å². The number of hydrogen-bond donors (Lipinski definition) is 4. The Bertz CT molecular complexity index is 803. The van der Waals surface area contributed by atoms with Crippen LogP contribution in [0.2, 0.25) is 0 Å². The number of anilines is 1. The van der Waals surface area contributed by atoms with Crippen LogP contribution in [0.15, 0.2) is 18.2 Å². The summed E-state index contributed by atoms with van der Waals surface area (Å²) in [5.41, 5.74) is -0.191. The molecule has 7 nitrogen and oxygen atoms in total. The Morgan fingerprint density at radius 2 is 1.88 bits per heavy atom. The number of aromatic nitrogens is 2. The van der Waals surface area contributed by atoms with Crippen LogP contribution in [0.5, 0.6) is 0 Å². The Balaban J connectivity index is 2.15. The average Bonchev–Trinajstić information content (AvgIpc) is 2.89. The van der Waals surface area contributed by atoms with Crippen LogP contribution in [0.25, 0.3) is 11.0 Å². The number of H-pyrrole nitrogens is 1. The van der Waals surface area contributed by atoms with Gasteiger partial charge in [0.15, 0.2) is 5.82 Å². The first kappa shape index (κ1) is 18.4. The van der Waals surface area contributed by atoms with Gasteiger partial charge in [-0.15, -0.1) is 0 Å². The minimum atomic E-state index is -5.80. The minimum absolute atomic E-state index is 0.0888. The molecule has 0 radical (unpaired) electrons. The molecule has 25 heavy (non-hydrogen) atoms. The first-order chi connectivity index (χ1) is 11.5.